The van der Waals surface area contributed by atoms with Crippen molar-refractivity contribution in [3.63, 3.8) is 0 Å². The minimum absolute atomic E-state index is 0.0548. The van der Waals surface area contributed by atoms with Crippen molar-refractivity contribution in [1.82, 2.24) is 0 Å². The molecule has 0 radical (unpaired) electrons. The van der Waals surface area contributed by atoms with Crippen LogP contribution in [-0.4, -0.2) is 43.3 Å². The highest BCUT2D eigenvalue weighted by atomic mass is 127. The Morgan fingerprint density at radius 2 is 1.42 bits per heavy atom. The number of esters is 2. The molecular weight excluding hydrogens is 603 g/mol. The highest BCUT2D eigenvalue weighted by Crippen LogP contribution is 2.37. The summed E-state index contributed by atoms with van der Waals surface area (Å²) in [5.41, 5.74) is -0.874. The van der Waals surface area contributed by atoms with Gasteiger partial charge in [-0.2, -0.15) is 0 Å². The Hall–Kier alpha value is -3.73. The van der Waals surface area contributed by atoms with E-state index in [1.165, 1.54) is 32.4 Å². The van der Waals surface area contributed by atoms with Crippen molar-refractivity contribution >= 4 is 46.1 Å². The molecule has 3 aromatic rings. The molecule has 8 nitrogen and oxygen atoms in total. The summed E-state index contributed by atoms with van der Waals surface area (Å²) in [6, 6.07) is 12.9. The number of carbonyl (C=O) groups is 4. The average molecular weight is 628 g/mol. The summed E-state index contributed by atoms with van der Waals surface area (Å²) < 4.78 is 22.7. The quantitative estimate of drug-likeness (QED) is 0.207. The molecule has 0 aliphatic heterocycles. The fourth-order valence-electron chi connectivity index (χ4n) is 4.17. The molecule has 0 heterocycles. The third kappa shape index (κ3) is 5.02. The first-order chi connectivity index (χ1) is 18.0. The van der Waals surface area contributed by atoms with Crippen molar-refractivity contribution in [3.05, 3.63) is 91.0 Å². The Morgan fingerprint density at radius 3 is 2.03 bits per heavy atom. The predicted molar refractivity (Wildman–Crippen MR) is 146 cm³/mol. The highest BCUT2D eigenvalue weighted by molar-refractivity contribution is 14.1. The van der Waals surface area contributed by atoms with Crippen LogP contribution in [0.3, 0.4) is 0 Å². The standard InChI is InChI=1S/C29H25IO8/c1-29(2,3)38-28(34)22-20(36-5)13-18-21(26(32)17-11-7-6-10-16(17)25(18)31)23(22)27(33)37-14-15-9-8-12-19(35-4)24(15)30/h6-13H,14H2,1-5H3. The van der Waals surface area contributed by atoms with Gasteiger partial charge in [-0.25, -0.2) is 9.59 Å². The third-order valence-corrected chi connectivity index (χ3v) is 7.05. The second-order valence-corrected chi connectivity index (χ2v) is 10.5. The molecule has 9 heteroatoms. The van der Waals surface area contributed by atoms with Crippen LogP contribution in [0.4, 0.5) is 0 Å². The molecule has 0 atom stereocenters. The summed E-state index contributed by atoms with van der Waals surface area (Å²) in [6.45, 7) is 4.84. The summed E-state index contributed by atoms with van der Waals surface area (Å²) >= 11 is 2.08. The summed E-state index contributed by atoms with van der Waals surface area (Å²) in [5.74, 6) is -2.39. The molecule has 196 valence electrons. The second-order valence-electron chi connectivity index (χ2n) is 9.47. The van der Waals surface area contributed by atoms with E-state index < -0.39 is 29.1 Å². The number of hydrogen-bond donors (Lipinski definition) is 0. The molecule has 0 amide bonds. The molecule has 0 aromatic heterocycles. The molecular formula is C29H25IO8. The minimum atomic E-state index is -0.972. The Kier molecular flexibility index (Phi) is 7.59. The molecule has 1 aliphatic carbocycles. The number of methoxy groups -OCH3 is 2. The molecule has 38 heavy (non-hydrogen) atoms. The maximum atomic E-state index is 13.7. The first-order valence-corrected chi connectivity index (χ1v) is 12.7. The number of halogens is 1. The van der Waals surface area contributed by atoms with Crippen molar-refractivity contribution in [1.29, 1.82) is 0 Å². The molecule has 1 aliphatic rings. The Labute approximate surface area is 233 Å². The van der Waals surface area contributed by atoms with Crippen molar-refractivity contribution < 1.29 is 38.1 Å². The van der Waals surface area contributed by atoms with Crippen molar-refractivity contribution in [3.8, 4) is 11.5 Å². The van der Waals surface area contributed by atoms with Gasteiger partial charge in [0.15, 0.2) is 11.6 Å². The number of benzene rings is 3. The lowest BCUT2D eigenvalue weighted by Gasteiger charge is -2.25. The van der Waals surface area contributed by atoms with Gasteiger partial charge in [-0.3, -0.25) is 9.59 Å². The molecule has 0 saturated carbocycles. The van der Waals surface area contributed by atoms with Crippen molar-refractivity contribution in [2.45, 2.75) is 33.0 Å². The lowest BCUT2D eigenvalue weighted by Crippen LogP contribution is -2.30. The third-order valence-electron chi connectivity index (χ3n) is 5.83. The van der Waals surface area contributed by atoms with E-state index >= 15 is 0 Å². The monoisotopic (exact) mass is 628 g/mol. The zero-order valence-corrected chi connectivity index (χ0v) is 23.6. The number of rotatable bonds is 6. The molecule has 4 rings (SSSR count). The lowest BCUT2D eigenvalue weighted by atomic mass is 9.80. The first-order valence-electron chi connectivity index (χ1n) is 11.6. The van der Waals surface area contributed by atoms with E-state index in [0.717, 1.165) is 3.57 Å². The SMILES string of the molecule is COc1cccc(COC(=O)c2c(C(=O)OC(C)(C)C)c(OC)cc3c2C(=O)c2ccccc2C3=O)c1I. The van der Waals surface area contributed by atoms with E-state index in [1.807, 2.05) is 0 Å². The minimum Gasteiger partial charge on any atom is -0.496 e. The fourth-order valence-corrected chi connectivity index (χ4v) is 4.91. The van der Waals surface area contributed by atoms with Gasteiger partial charge in [0.2, 0.25) is 0 Å². The van der Waals surface area contributed by atoms with Crippen LogP contribution in [0.2, 0.25) is 0 Å². The van der Waals surface area contributed by atoms with Gasteiger partial charge in [-0.15, -0.1) is 0 Å². The summed E-state index contributed by atoms with van der Waals surface area (Å²) in [6.07, 6.45) is 0. The number of fused-ring (bicyclic) bond motifs is 2. The zero-order chi connectivity index (χ0) is 27.8. The number of hydrogen-bond acceptors (Lipinski definition) is 8. The lowest BCUT2D eigenvalue weighted by molar-refractivity contribution is 0.00602. The molecule has 0 spiro atoms. The van der Waals surface area contributed by atoms with Crippen LogP contribution in [0.15, 0.2) is 48.5 Å². The highest BCUT2D eigenvalue weighted by Gasteiger charge is 2.39. The van der Waals surface area contributed by atoms with Crippen LogP contribution in [-0.2, 0) is 16.1 Å². The average Bonchev–Trinajstić information content (AvgIpc) is 2.88. The summed E-state index contributed by atoms with van der Waals surface area (Å²) in [5, 5.41) is 0. The van der Waals surface area contributed by atoms with E-state index in [2.05, 4.69) is 22.6 Å². The van der Waals surface area contributed by atoms with Gasteiger partial charge in [0.1, 0.15) is 29.3 Å². The number of carbonyl (C=O) groups excluding carboxylic acids is 4. The number of ether oxygens (including phenoxy) is 4. The van der Waals surface area contributed by atoms with Gasteiger partial charge in [-0.1, -0.05) is 36.4 Å². The van der Waals surface area contributed by atoms with Crippen LogP contribution in [0, 0.1) is 3.57 Å². The van der Waals surface area contributed by atoms with Crippen LogP contribution >= 0.6 is 22.6 Å². The Bertz CT molecular complexity index is 1480. The van der Waals surface area contributed by atoms with E-state index in [1.54, 1.807) is 51.1 Å². The van der Waals surface area contributed by atoms with E-state index in [9.17, 15) is 19.2 Å². The van der Waals surface area contributed by atoms with Gasteiger partial charge in [0.05, 0.1) is 23.4 Å². The Balaban J connectivity index is 1.90. The van der Waals surface area contributed by atoms with E-state index in [4.69, 9.17) is 18.9 Å². The van der Waals surface area contributed by atoms with Crippen LogP contribution in [0.1, 0.15) is 78.9 Å². The van der Waals surface area contributed by atoms with Gasteiger partial charge in [-0.05, 0) is 55.5 Å². The van der Waals surface area contributed by atoms with Crippen molar-refractivity contribution in [2.24, 2.45) is 0 Å². The normalized spacial score (nSPS) is 12.4. The van der Waals surface area contributed by atoms with Crippen LogP contribution < -0.4 is 9.47 Å². The van der Waals surface area contributed by atoms with Gasteiger partial charge in [0.25, 0.3) is 0 Å². The smallest absolute Gasteiger partial charge is 0.343 e. The maximum Gasteiger partial charge on any atom is 0.343 e. The predicted octanol–water partition coefficient (Wildman–Crippen LogP) is 5.40. The van der Waals surface area contributed by atoms with E-state index in [0.29, 0.717) is 11.3 Å². The van der Waals surface area contributed by atoms with Gasteiger partial charge in [0, 0.05) is 27.8 Å². The van der Waals surface area contributed by atoms with Gasteiger partial charge < -0.3 is 18.9 Å². The maximum absolute atomic E-state index is 13.7. The largest absolute Gasteiger partial charge is 0.496 e. The van der Waals surface area contributed by atoms with Crippen molar-refractivity contribution in [2.75, 3.05) is 14.2 Å². The molecule has 0 bridgehead atoms. The summed E-state index contributed by atoms with van der Waals surface area (Å²) in [4.78, 5) is 54.2. The van der Waals surface area contributed by atoms with Gasteiger partial charge >= 0.3 is 11.9 Å². The fraction of sp³-hybridized carbons (Fsp3) is 0.241. The van der Waals surface area contributed by atoms with Crippen LogP contribution in [0.5, 0.6) is 11.5 Å². The molecule has 0 saturated heterocycles. The molecule has 0 unspecified atom stereocenters. The molecule has 0 N–H and O–H groups in total. The number of ketones is 2. The topological polar surface area (TPSA) is 105 Å². The summed E-state index contributed by atoms with van der Waals surface area (Å²) in [7, 11) is 2.83. The molecule has 0 fully saturated rings. The zero-order valence-electron chi connectivity index (χ0n) is 21.5. The molecule has 3 aromatic carbocycles. The second kappa shape index (κ2) is 10.6. The van der Waals surface area contributed by atoms with Crippen LogP contribution in [0.25, 0.3) is 0 Å². The Morgan fingerprint density at radius 1 is 0.789 bits per heavy atom. The van der Waals surface area contributed by atoms with E-state index in [-0.39, 0.29) is 45.7 Å². The first kappa shape index (κ1) is 27.3.